The standard InChI is InChI=1S/C20H25ClN7O5P/c1-12(8-28-10-25-15-16(22)23-9-24-17(15)28)33-11-34(32,27-20(2,3)19(30)31)26-18(29)13-4-6-14(21)7-5-13/h4-7,9-10,12H,8,11H2,1-3H3,(H,30,31)(H2,22,23,24)(H2,26,27,29,32)/t12-,34?/m1/s1. The Hall–Kier alpha value is -3.05. The number of carboxylic acid groups (broad SMARTS) is 1. The van der Waals surface area contributed by atoms with Gasteiger partial charge in [0.15, 0.2) is 11.5 Å². The number of carboxylic acids is 1. The summed E-state index contributed by atoms with van der Waals surface area (Å²) in [6.45, 7) is 4.67. The third-order valence-electron chi connectivity index (χ3n) is 4.81. The van der Waals surface area contributed by atoms with Crippen LogP contribution in [0.3, 0.4) is 0 Å². The van der Waals surface area contributed by atoms with E-state index in [1.54, 1.807) is 11.5 Å². The molecule has 3 aromatic rings. The van der Waals surface area contributed by atoms with Crippen molar-refractivity contribution in [1.29, 1.82) is 0 Å². The van der Waals surface area contributed by atoms with Crippen LogP contribution in [0.2, 0.25) is 5.02 Å². The summed E-state index contributed by atoms with van der Waals surface area (Å²) in [6.07, 6.45) is 1.88. The van der Waals surface area contributed by atoms with Crippen LogP contribution in [0.25, 0.3) is 11.2 Å². The minimum atomic E-state index is -3.88. The molecule has 0 spiro atoms. The lowest BCUT2D eigenvalue weighted by Crippen LogP contribution is -2.48. The highest BCUT2D eigenvalue weighted by Crippen LogP contribution is 2.40. The summed E-state index contributed by atoms with van der Waals surface area (Å²) >= 11 is 5.85. The first kappa shape index (κ1) is 25.6. The topological polar surface area (TPSA) is 174 Å². The number of aromatic nitrogens is 4. The first-order chi connectivity index (χ1) is 15.9. The van der Waals surface area contributed by atoms with Crippen molar-refractivity contribution in [3.63, 3.8) is 0 Å². The molecule has 0 radical (unpaired) electrons. The molecule has 0 aliphatic carbocycles. The van der Waals surface area contributed by atoms with Gasteiger partial charge in [0.05, 0.1) is 19.0 Å². The molecule has 0 aliphatic rings. The van der Waals surface area contributed by atoms with Crippen molar-refractivity contribution >= 4 is 47.9 Å². The van der Waals surface area contributed by atoms with Crippen molar-refractivity contribution in [2.75, 3.05) is 12.1 Å². The molecule has 0 saturated heterocycles. The number of imidazole rings is 1. The van der Waals surface area contributed by atoms with E-state index < -0.39 is 37.3 Å². The van der Waals surface area contributed by atoms with Crippen molar-refractivity contribution in [3.05, 3.63) is 47.5 Å². The average molecular weight is 510 g/mol. The number of nitrogens with zero attached hydrogens (tertiary/aromatic N) is 4. The van der Waals surface area contributed by atoms with E-state index in [0.717, 1.165) is 0 Å². The number of anilines is 1. The summed E-state index contributed by atoms with van der Waals surface area (Å²) in [7, 11) is -3.88. The number of hydrogen-bond donors (Lipinski definition) is 4. The Bertz CT molecular complexity index is 1250. The van der Waals surface area contributed by atoms with E-state index in [-0.39, 0.29) is 17.9 Å². The molecule has 2 heterocycles. The number of carbonyl (C=O) groups is 2. The first-order valence-corrected chi connectivity index (χ1v) is 12.4. The van der Waals surface area contributed by atoms with Crippen LogP contribution in [0.5, 0.6) is 0 Å². The largest absolute Gasteiger partial charge is 0.480 e. The number of rotatable bonds is 10. The number of carbonyl (C=O) groups excluding carboxylic acids is 1. The Morgan fingerprint density at radius 2 is 1.94 bits per heavy atom. The number of ether oxygens (including phenoxy) is 1. The van der Waals surface area contributed by atoms with Gasteiger partial charge < -0.3 is 20.1 Å². The van der Waals surface area contributed by atoms with Gasteiger partial charge in [-0.25, -0.2) is 20.0 Å². The van der Waals surface area contributed by atoms with Gasteiger partial charge in [0, 0.05) is 10.6 Å². The molecule has 0 saturated carbocycles. The van der Waals surface area contributed by atoms with Crippen LogP contribution in [-0.2, 0) is 20.6 Å². The number of aliphatic carboxylic acids is 1. The van der Waals surface area contributed by atoms with E-state index >= 15 is 0 Å². The van der Waals surface area contributed by atoms with Crippen molar-refractivity contribution in [2.45, 2.75) is 39.0 Å². The number of nitrogens with one attached hydrogen (secondary N) is 2. The first-order valence-electron chi connectivity index (χ1n) is 10.1. The van der Waals surface area contributed by atoms with Gasteiger partial charge in [-0.1, -0.05) is 11.6 Å². The van der Waals surface area contributed by atoms with Gasteiger partial charge in [0.25, 0.3) is 13.4 Å². The van der Waals surface area contributed by atoms with E-state index in [9.17, 15) is 19.3 Å². The van der Waals surface area contributed by atoms with Crippen molar-refractivity contribution in [3.8, 4) is 0 Å². The van der Waals surface area contributed by atoms with Gasteiger partial charge in [0.2, 0.25) is 0 Å². The van der Waals surface area contributed by atoms with Crippen LogP contribution in [0.4, 0.5) is 5.82 Å². The minimum Gasteiger partial charge on any atom is -0.480 e. The van der Waals surface area contributed by atoms with Crippen molar-refractivity contribution in [1.82, 2.24) is 29.7 Å². The minimum absolute atomic E-state index is 0.203. The molecule has 2 atom stereocenters. The van der Waals surface area contributed by atoms with Gasteiger partial charge in [0.1, 0.15) is 23.7 Å². The molecule has 0 bridgehead atoms. The molecule has 0 aliphatic heterocycles. The van der Waals surface area contributed by atoms with Crippen molar-refractivity contribution < 1.29 is 24.0 Å². The molecular weight excluding hydrogens is 485 g/mol. The third kappa shape index (κ3) is 6.09. The molecule has 1 aromatic carbocycles. The fraction of sp³-hybridized carbons (Fsp3) is 0.350. The maximum atomic E-state index is 13.6. The second-order valence-electron chi connectivity index (χ2n) is 8.16. The molecular formula is C20H25ClN7O5P. The van der Waals surface area contributed by atoms with Crippen LogP contribution in [0.15, 0.2) is 36.9 Å². The lowest BCUT2D eigenvalue weighted by atomic mass is 10.1. The fourth-order valence-electron chi connectivity index (χ4n) is 3.02. The van der Waals surface area contributed by atoms with E-state index in [1.807, 2.05) is 0 Å². The Morgan fingerprint density at radius 3 is 2.59 bits per heavy atom. The molecule has 1 amide bonds. The highest BCUT2D eigenvalue weighted by Gasteiger charge is 2.37. The van der Waals surface area contributed by atoms with Crippen LogP contribution < -0.4 is 15.9 Å². The molecule has 2 aromatic heterocycles. The van der Waals surface area contributed by atoms with E-state index in [1.165, 1.54) is 50.8 Å². The number of benzene rings is 1. The highest BCUT2D eigenvalue weighted by molar-refractivity contribution is 7.60. The summed E-state index contributed by atoms with van der Waals surface area (Å²) in [5.74, 6) is -1.67. The average Bonchev–Trinajstić information content (AvgIpc) is 3.16. The highest BCUT2D eigenvalue weighted by atomic mass is 35.5. The van der Waals surface area contributed by atoms with E-state index in [0.29, 0.717) is 16.2 Å². The molecule has 182 valence electrons. The third-order valence-corrected chi connectivity index (χ3v) is 7.06. The fourth-order valence-corrected chi connectivity index (χ4v) is 5.25. The van der Waals surface area contributed by atoms with Crippen LogP contribution in [0, 0.1) is 0 Å². The van der Waals surface area contributed by atoms with Gasteiger partial charge in [-0.3, -0.25) is 19.2 Å². The predicted octanol–water partition coefficient (Wildman–Crippen LogP) is 2.50. The van der Waals surface area contributed by atoms with Crippen LogP contribution in [0.1, 0.15) is 31.1 Å². The molecule has 0 fully saturated rings. The summed E-state index contributed by atoms with van der Waals surface area (Å²) in [4.78, 5) is 36.6. The van der Waals surface area contributed by atoms with Gasteiger partial charge in [-0.05, 0) is 45.0 Å². The maximum Gasteiger partial charge on any atom is 0.323 e. The molecule has 1 unspecified atom stereocenters. The van der Waals surface area contributed by atoms with Gasteiger partial charge in [-0.2, -0.15) is 0 Å². The summed E-state index contributed by atoms with van der Waals surface area (Å²) in [6, 6.07) is 5.96. The summed E-state index contributed by atoms with van der Waals surface area (Å²) in [5, 5.41) is 14.9. The zero-order valence-electron chi connectivity index (χ0n) is 18.7. The Kier molecular flexibility index (Phi) is 7.57. The number of nitrogen functional groups attached to an aromatic ring is 1. The second kappa shape index (κ2) is 10.1. The molecule has 34 heavy (non-hydrogen) atoms. The molecule has 5 N–H and O–H groups in total. The number of halogens is 1. The van der Waals surface area contributed by atoms with Gasteiger partial charge in [-0.15, -0.1) is 0 Å². The zero-order chi connectivity index (χ0) is 25.1. The smallest absolute Gasteiger partial charge is 0.323 e. The Balaban J connectivity index is 1.75. The summed E-state index contributed by atoms with van der Waals surface area (Å²) < 4.78 is 21.1. The van der Waals surface area contributed by atoms with E-state index in [4.69, 9.17) is 22.1 Å². The lowest BCUT2D eigenvalue weighted by molar-refractivity contribution is -0.142. The maximum absolute atomic E-state index is 13.6. The number of hydrogen-bond acceptors (Lipinski definition) is 8. The predicted molar refractivity (Wildman–Crippen MR) is 127 cm³/mol. The zero-order valence-corrected chi connectivity index (χ0v) is 20.4. The van der Waals surface area contributed by atoms with Crippen LogP contribution >= 0.6 is 19.0 Å². The van der Waals surface area contributed by atoms with Crippen LogP contribution in [-0.4, -0.2) is 54.5 Å². The summed E-state index contributed by atoms with van der Waals surface area (Å²) in [5.41, 5.74) is 5.35. The molecule has 14 heteroatoms. The monoisotopic (exact) mass is 509 g/mol. The van der Waals surface area contributed by atoms with E-state index in [2.05, 4.69) is 25.1 Å². The molecule has 3 rings (SSSR count). The quantitative estimate of drug-likeness (QED) is 0.297. The number of fused-ring (bicyclic) bond motifs is 1. The second-order valence-corrected chi connectivity index (χ2v) is 10.8. The molecule has 12 nitrogen and oxygen atoms in total. The number of amides is 1. The Morgan fingerprint density at radius 1 is 1.26 bits per heavy atom. The normalized spacial score (nSPS) is 14.5. The SMILES string of the molecule is C[C@H](Cn1cnc2c(N)ncnc21)OCP(=O)(NC(=O)c1ccc(Cl)cc1)NC(C)(C)C(=O)O. The lowest BCUT2D eigenvalue weighted by Gasteiger charge is -2.29. The Labute approximate surface area is 200 Å². The number of nitrogens with two attached hydrogens (primary N) is 1. The van der Waals surface area contributed by atoms with Crippen molar-refractivity contribution in [2.24, 2.45) is 0 Å². The van der Waals surface area contributed by atoms with Gasteiger partial charge >= 0.3 is 5.97 Å².